The first-order valence-corrected chi connectivity index (χ1v) is 7.34. The molecule has 0 bridgehead atoms. The van der Waals surface area contributed by atoms with E-state index in [2.05, 4.69) is 16.3 Å². The number of anilines is 1. The van der Waals surface area contributed by atoms with E-state index in [1.165, 1.54) is 0 Å². The van der Waals surface area contributed by atoms with Gasteiger partial charge in [0.25, 0.3) is 0 Å². The van der Waals surface area contributed by atoms with Crippen molar-refractivity contribution >= 4 is 22.6 Å². The topological polar surface area (TPSA) is 54.7 Å². The molecule has 3 rings (SSSR count). The van der Waals surface area contributed by atoms with E-state index in [9.17, 15) is 4.79 Å². The molecule has 0 aliphatic carbocycles. The number of fused-ring (bicyclic) bond motifs is 1. The second kappa shape index (κ2) is 5.77. The summed E-state index contributed by atoms with van der Waals surface area (Å²) >= 11 is 0. The van der Waals surface area contributed by atoms with Gasteiger partial charge in [-0.2, -0.15) is 0 Å². The van der Waals surface area contributed by atoms with Gasteiger partial charge < -0.3 is 19.4 Å². The highest BCUT2D eigenvalue weighted by atomic mass is 16.6. The van der Waals surface area contributed by atoms with Gasteiger partial charge in [-0.15, -0.1) is 0 Å². The van der Waals surface area contributed by atoms with Crippen molar-refractivity contribution in [3.63, 3.8) is 0 Å². The second-order valence-corrected chi connectivity index (χ2v) is 5.52. The van der Waals surface area contributed by atoms with Crippen molar-refractivity contribution in [3.05, 3.63) is 30.0 Å². The number of benzene rings is 1. The molecular weight excluding hydrogens is 268 g/mol. The highest BCUT2D eigenvalue weighted by Gasteiger charge is 2.16. The lowest BCUT2D eigenvalue weighted by Gasteiger charge is -2.29. The summed E-state index contributed by atoms with van der Waals surface area (Å²) in [6.45, 7) is 7.62. The van der Waals surface area contributed by atoms with Crippen LogP contribution in [0.15, 0.2) is 28.7 Å². The van der Waals surface area contributed by atoms with Gasteiger partial charge in [-0.1, -0.05) is 0 Å². The Morgan fingerprint density at radius 2 is 2.05 bits per heavy atom. The van der Waals surface area contributed by atoms with E-state index in [0.29, 0.717) is 5.58 Å². The SMILES string of the molecule is CC(C)OC(=O)c1cc2cc(N3CCNCC3)ccc2o1. The molecule has 2 heterocycles. The van der Waals surface area contributed by atoms with Crippen molar-refractivity contribution in [2.45, 2.75) is 20.0 Å². The van der Waals surface area contributed by atoms with Crippen LogP contribution in [0.2, 0.25) is 0 Å². The molecule has 1 aliphatic rings. The standard InChI is InChI=1S/C16H20N2O3/c1-11(2)20-16(19)15-10-12-9-13(3-4-14(12)21-15)18-7-5-17-6-8-18/h3-4,9-11,17H,5-8H2,1-2H3. The quantitative estimate of drug-likeness (QED) is 0.879. The van der Waals surface area contributed by atoms with Gasteiger partial charge in [0.1, 0.15) is 5.58 Å². The molecule has 1 aliphatic heterocycles. The van der Waals surface area contributed by atoms with E-state index in [0.717, 1.165) is 37.3 Å². The summed E-state index contributed by atoms with van der Waals surface area (Å²) in [5.41, 5.74) is 1.87. The van der Waals surface area contributed by atoms with Crippen LogP contribution in [0.5, 0.6) is 0 Å². The summed E-state index contributed by atoms with van der Waals surface area (Å²) in [5.74, 6) is -0.152. The highest BCUT2D eigenvalue weighted by Crippen LogP contribution is 2.26. The lowest BCUT2D eigenvalue weighted by Crippen LogP contribution is -2.43. The Bertz CT molecular complexity index is 642. The number of nitrogens with one attached hydrogen (secondary N) is 1. The zero-order valence-electron chi connectivity index (χ0n) is 12.4. The first-order chi connectivity index (χ1) is 10.1. The molecular formula is C16H20N2O3. The van der Waals surface area contributed by atoms with Gasteiger partial charge in [0.2, 0.25) is 5.76 Å². The number of carbonyl (C=O) groups is 1. The summed E-state index contributed by atoms with van der Waals surface area (Å²) in [5, 5.41) is 4.27. The van der Waals surface area contributed by atoms with Crippen LogP contribution < -0.4 is 10.2 Å². The number of hydrogen-bond donors (Lipinski definition) is 1. The predicted octanol–water partition coefficient (Wildman–Crippen LogP) is 2.41. The Kier molecular flexibility index (Phi) is 3.84. The molecule has 1 aromatic heterocycles. The maximum atomic E-state index is 11.9. The molecule has 112 valence electrons. The Balaban J connectivity index is 1.86. The monoisotopic (exact) mass is 288 g/mol. The highest BCUT2D eigenvalue weighted by molar-refractivity contribution is 5.93. The summed E-state index contributed by atoms with van der Waals surface area (Å²) in [6, 6.07) is 7.77. The van der Waals surface area contributed by atoms with Crippen molar-refractivity contribution in [2.24, 2.45) is 0 Å². The third-order valence-electron chi connectivity index (χ3n) is 3.53. The van der Waals surface area contributed by atoms with E-state index in [1.807, 2.05) is 26.0 Å². The average molecular weight is 288 g/mol. The number of carbonyl (C=O) groups excluding carboxylic acids is 1. The molecule has 5 nitrogen and oxygen atoms in total. The molecule has 1 fully saturated rings. The third-order valence-corrected chi connectivity index (χ3v) is 3.53. The summed E-state index contributed by atoms with van der Waals surface area (Å²) in [4.78, 5) is 14.2. The minimum atomic E-state index is -0.412. The second-order valence-electron chi connectivity index (χ2n) is 5.52. The maximum absolute atomic E-state index is 11.9. The minimum absolute atomic E-state index is 0.151. The molecule has 0 amide bonds. The Morgan fingerprint density at radius 3 is 2.76 bits per heavy atom. The van der Waals surface area contributed by atoms with Gasteiger partial charge in [-0.3, -0.25) is 0 Å². The fraction of sp³-hybridized carbons (Fsp3) is 0.438. The van der Waals surface area contributed by atoms with Crippen molar-refractivity contribution in [1.29, 1.82) is 0 Å². The van der Waals surface area contributed by atoms with Gasteiger partial charge in [-0.05, 0) is 38.1 Å². The summed E-state index contributed by atoms with van der Waals surface area (Å²) < 4.78 is 10.7. The number of furan rings is 1. The molecule has 1 aromatic carbocycles. The van der Waals surface area contributed by atoms with Crippen LogP contribution in [0.3, 0.4) is 0 Å². The molecule has 5 heteroatoms. The first kappa shape index (κ1) is 13.9. The van der Waals surface area contributed by atoms with Crippen molar-refractivity contribution in [1.82, 2.24) is 5.32 Å². The van der Waals surface area contributed by atoms with Crippen LogP contribution in [0.4, 0.5) is 5.69 Å². The zero-order valence-corrected chi connectivity index (χ0v) is 12.4. The molecule has 1 N–H and O–H groups in total. The Morgan fingerprint density at radius 1 is 1.29 bits per heavy atom. The normalized spacial score (nSPS) is 15.7. The Labute approximate surface area is 123 Å². The van der Waals surface area contributed by atoms with Crippen molar-refractivity contribution in [3.8, 4) is 0 Å². The van der Waals surface area contributed by atoms with Gasteiger partial charge >= 0.3 is 5.97 Å². The molecule has 0 saturated carbocycles. The number of ether oxygens (including phenoxy) is 1. The summed E-state index contributed by atoms with van der Waals surface area (Å²) in [7, 11) is 0. The van der Waals surface area contributed by atoms with Crippen LogP contribution >= 0.6 is 0 Å². The van der Waals surface area contributed by atoms with Crippen LogP contribution in [-0.4, -0.2) is 38.3 Å². The maximum Gasteiger partial charge on any atom is 0.374 e. The first-order valence-electron chi connectivity index (χ1n) is 7.34. The average Bonchev–Trinajstić information content (AvgIpc) is 2.90. The van der Waals surface area contributed by atoms with E-state index in [4.69, 9.17) is 9.15 Å². The molecule has 0 radical (unpaired) electrons. The van der Waals surface area contributed by atoms with Crippen LogP contribution in [0.25, 0.3) is 11.0 Å². The number of esters is 1. The number of piperazine rings is 1. The minimum Gasteiger partial charge on any atom is -0.457 e. The van der Waals surface area contributed by atoms with E-state index in [-0.39, 0.29) is 11.9 Å². The number of hydrogen-bond acceptors (Lipinski definition) is 5. The van der Waals surface area contributed by atoms with Crippen molar-refractivity contribution in [2.75, 3.05) is 31.1 Å². The van der Waals surface area contributed by atoms with Crippen molar-refractivity contribution < 1.29 is 13.9 Å². The fourth-order valence-electron chi connectivity index (χ4n) is 2.52. The molecule has 21 heavy (non-hydrogen) atoms. The van der Waals surface area contributed by atoms with Crippen LogP contribution in [-0.2, 0) is 4.74 Å². The zero-order chi connectivity index (χ0) is 14.8. The fourth-order valence-corrected chi connectivity index (χ4v) is 2.52. The lowest BCUT2D eigenvalue weighted by atomic mass is 10.2. The smallest absolute Gasteiger partial charge is 0.374 e. The molecule has 0 unspecified atom stereocenters. The molecule has 0 atom stereocenters. The van der Waals surface area contributed by atoms with Crippen LogP contribution in [0.1, 0.15) is 24.4 Å². The van der Waals surface area contributed by atoms with E-state index >= 15 is 0 Å². The van der Waals surface area contributed by atoms with Gasteiger partial charge in [-0.25, -0.2) is 4.79 Å². The number of rotatable bonds is 3. The lowest BCUT2D eigenvalue weighted by molar-refractivity contribution is 0.0344. The predicted molar refractivity (Wildman–Crippen MR) is 81.8 cm³/mol. The molecule has 2 aromatic rings. The van der Waals surface area contributed by atoms with Crippen LogP contribution in [0, 0.1) is 0 Å². The van der Waals surface area contributed by atoms with Gasteiger partial charge in [0.05, 0.1) is 6.10 Å². The largest absolute Gasteiger partial charge is 0.457 e. The Hall–Kier alpha value is -2.01. The van der Waals surface area contributed by atoms with E-state index < -0.39 is 5.97 Å². The van der Waals surface area contributed by atoms with Gasteiger partial charge in [0, 0.05) is 37.3 Å². The number of nitrogens with zero attached hydrogens (tertiary/aromatic N) is 1. The summed E-state index contributed by atoms with van der Waals surface area (Å²) in [6.07, 6.45) is -0.151. The molecule has 0 spiro atoms. The third kappa shape index (κ3) is 3.03. The van der Waals surface area contributed by atoms with E-state index in [1.54, 1.807) is 6.07 Å². The molecule has 1 saturated heterocycles. The van der Waals surface area contributed by atoms with Gasteiger partial charge in [0.15, 0.2) is 0 Å².